The zero-order valence-electron chi connectivity index (χ0n) is 12.6. The van der Waals surface area contributed by atoms with E-state index < -0.39 is 22.3 Å². The number of piperidine rings is 1. The molecule has 0 bridgehead atoms. The Morgan fingerprint density at radius 3 is 2.87 bits per heavy atom. The maximum Gasteiger partial charge on any atom is 0.220 e. The average Bonchev–Trinajstić information content (AvgIpc) is 2.46. The third kappa shape index (κ3) is 5.43. The number of benzene rings is 1. The van der Waals surface area contributed by atoms with Gasteiger partial charge in [0.05, 0.1) is 32.7 Å². The van der Waals surface area contributed by atoms with Crippen LogP contribution in [-0.4, -0.2) is 51.1 Å². The zero-order chi connectivity index (χ0) is 17.0. The first kappa shape index (κ1) is 18.7. The molecule has 2 atom stereocenters. The Labute approximate surface area is 148 Å². The van der Waals surface area contributed by atoms with E-state index in [1.165, 1.54) is 0 Å². The lowest BCUT2D eigenvalue weighted by atomic mass is 9.89. The molecule has 23 heavy (non-hydrogen) atoms. The lowest BCUT2D eigenvalue weighted by Crippen LogP contribution is -2.50. The normalized spacial score (nSPS) is 23.6. The first-order valence-electron chi connectivity index (χ1n) is 7.35. The summed E-state index contributed by atoms with van der Waals surface area (Å²) in [5.41, 5.74) is 4.11. The molecule has 1 saturated heterocycles. The number of carbonyl (C=O) groups excluding carboxylic acids is 1. The van der Waals surface area contributed by atoms with Crippen LogP contribution < -0.4 is 5.73 Å². The third-order valence-electron chi connectivity index (χ3n) is 3.87. The highest BCUT2D eigenvalue weighted by Crippen LogP contribution is 2.26. The molecule has 0 aromatic heterocycles. The Bertz CT molecular complexity index is 614. The number of amides is 1. The Hall–Kier alpha value is -0.660. The van der Waals surface area contributed by atoms with Crippen molar-refractivity contribution in [3.8, 4) is 0 Å². The Balaban J connectivity index is 1.93. The molecule has 2 unspecified atom stereocenters. The van der Waals surface area contributed by atoms with Crippen LogP contribution in [0, 0.1) is 0 Å². The van der Waals surface area contributed by atoms with Gasteiger partial charge in [0.1, 0.15) is 0 Å². The van der Waals surface area contributed by atoms with E-state index in [1.54, 1.807) is 18.2 Å². The van der Waals surface area contributed by atoms with Gasteiger partial charge >= 0.3 is 0 Å². The third-order valence-corrected chi connectivity index (χ3v) is 5.93. The van der Waals surface area contributed by atoms with Crippen molar-refractivity contribution in [1.82, 2.24) is 4.90 Å². The average molecular weight is 379 g/mol. The lowest BCUT2D eigenvalue weighted by molar-refractivity contribution is -0.125. The van der Waals surface area contributed by atoms with Crippen molar-refractivity contribution in [2.75, 3.05) is 25.4 Å². The zero-order valence-corrected chi connectivity index (χ0v) is 15.0. The van der Waals surface area contributed by atoms with E-state index in [0.717, 1.165) is 13.0 Å². The van der Waals surface area contributed by atoms with Crippen LogP contribution in [0.3, 0.4) is 0 Å². The van der Waals surface area contributed by atoms with Crippen LogP contribution in [0.25, 0.3) is 0 Å². The first-order valence-corrected chi connectivity index (χ1v) is 9.43. The van der Waals surface area contributed by atoms with Crippen molar-refractivity contribution >= 4 is 39.9 Å². The van der Waals surface area contributed by atoms with Gasteiger partial charge in [-0.25, -0.2) is 0 Å². The molecule has 1 heterocycles. The summed E-state index contributed by atoms with van der Waals surface area (Å²) in [6.07, 6.45) is 1.27. The summed E-state index contributed by atoms with van der Waals surface area (Å²) in [5.74, 6) is -0.129. The second kappa shape index (κ2) is 7.94. The van der Waals surface area contributed by atoms with Crippen molar-refractivity contribution in [3.63, 3.8) is 0 Å². The van der Waals surface area contributed by atoms with Crippen LogP contribution >= 0.6 is 23.2 Å². The van der Waals surface area contributed by atoms with Crippen molar-refractivity contribution in [3.05, 3.63) is 28.2 Å². The quantitative estimate of drug-likeness (QED) is 0.790. The topological polar surface area (TPSA) is 83.6 Å². The van der Waals surface area contributed by atoms with Gasteiger partial charge in [-0.1, -0.05) is 23.2 Å². The van der Waals surface area contributed by atoms with Crippen LogP contribution in [0.2, 0.25) is 10.0 Å². The highest BCUT2D eigenvalue weighted by atomic mass is 35.5. The van der Waals surface area contributed by atoms with Crippen molar-refractivity contribution in [1.29, 1.82) is 0 Å². The molecular weight excluding hydrogens is 359 g/mol. The van der Waals surface area contributed by atoms with Crippen LogP contribution in [0.4, 0.5) is 0 Å². The number of hydrogen-bond acceptors (Lipinski definition) is 4. The van der Waals surface area contributed by atoms with Gasteiger partial charge in [-0.15, -0.1) is 0 Å². The number of primary amides is 1. The summed E-state index contributed by atoms with van der Waals surface area (Å²) in [4.78, 5) is 13.6. The van der Waals surface area contributed by atoms with Crippen molar-refractivity contribution in [2.24, 2.45) is 5.73 Å². The molecule has 0 saturated carbocycles. The highest BCUT2D eigenvalue weighted by molar-refractivity contribution is 7.85. The van der Waals surface area contributed by atoms with Crippen LogP contribution in [-0.2, 0) is 15.6 Å². The molecule has 0 aliphatic carbocycles. The summed E-state index contributed by atoms with van der Waals surface area (Å²) >= 11 is 12.0. The predicted molar refractivity (Wildman–Crippen MR) is 92.2 cm³/mol. The van der Waals surface area contributed by atoms with E-state index in [2.05, 4.69) is 0 Å². The van der Waals surface area contributed by atoms with Gasteiger partial charge in [-0.3, -0.25) is 13.9 Å². The molecule has 3 N–H and O–H groups in total. The highest BCUT2D eigenvalue weighted by Gasteiger charge is 2.34. The van der Waals surface area contributed by atoms with E-state index in [-0.39, 0.29) is 6.42 Å². The van der Waals surface area contributed by atoms with Crippen LogP contribution in [0.5, 0.6) is 0 Å². The number of aliphatic hydroxyl groups is 1. The van der Waals surface area contributed by atoms with Gasteiger partial charge in [0.25, 0.3) is 0 Å². The molecule has 0 radical (unpaired) electrons. The fraction of sp³-hybridized carbons (Fsp3) is 0.533. The summed E-state index contributed by atoms with van der Waals surface area (Å²) in [5, 5.41) is 11.3. The molecule has 2 rings (SSSR count). The van der Waals surface area contributed by atoms with E-state index in [0.29, 0.717) is 40.2 Å². The number of β-amino-alcohol motifs (C(OH)–C–C–N with tert-alkyl or cyclic N) is 1. The van der Waals surface area contributed by atoms with Gasteiger partial charge in [0.15, 0.2) is 0 Å². The van der Waals surface area contributed by atoms with Crippen molar-refractivity contribution in [2.45, 2.75) is 29.8 Å². The number of hydrogen-bond donors (Lipinski definition) is 2. The van der Waals surface area contributed by atoms with E-state index in [1.807, 2.05) is 4.90 Å². The minimum absolute atomic E-state index is 0.0489. The summed E-state index contributed by atoms with van der Waals surface area (Å²) in [6, 6.07) is 4.89. The Morgan fingerprint density at radius 2 is 2.17 bits per heavy atom. The minimum atomic E-state index is -1.27. The van der Waals surface area contributed by atoms with Crippen LogP contribution in [0.15, 0.2) is 23.1 Å². The van der Waals surface area contributed by atoms with E-state index >= 15 is 0 Å². The number of nitrogens with two attached hydrogens (primary N) is 1. The number of nitrogens with zero attached hydrogens (tertiary/aromatic N) is 1. The molecule has 5 nitrogen and oxygen atoms in total. The van der Waals surface area contributed by atoms with Crippen molar-refractivity contribution < 1.29 is 14.1 Å². The Morgan fingerprint density at radius 1 is 1.43 bits per heavy atom. The van der Waals surface area contributed by atoms with Gasteiger partial charge in [0.2, 0.25) is 5.91 Å². The van der Waals surface area contributed by atoms with Gasteiger partial charge in [0, 0.05) is 23.9 Å². The molecule has 8 heteroatoms. The molecule has 1 fully saturated rings. The number of halogens is 2. The molecule has 1 aliphatic rings. The summed E-state index contributed by atoms with van der Waals surface area (Å²) in [7, 11) is -1.27. The van der Waals surface area contributed by atoms with E-state index in [9.17, 15) is 14.1 Å². The van der Waals surface area contributed by atoms with Gasteiger partial charge in [-0.2, -0.15) is 0 Å². The molecule has 0 spiro atoms. The second-order valence-corrected chi connectivity index (χ2v) is 8.25. The maximum absolute atomic E-state index is 12.4. The maximum atomic E-state index is 12.4. The smallest absolute Gasteiger partial charge is 0.220 e. The number of carbonyl (C=O) groups is 1. The fourth-order valence-electron chi connectivity index (χ4n) is 2.84. The minimum Gasteiger partial charge on any atom is -0.388 e. The Kier molecular flexibility index (Phi) is 6.45. The standard InChI is InChI=1S/C15H20Cl2N2O3S/c16-11-2-3-12(17)13(8-11)23(22)7-6-19-5-1-4-15(21,10-19)9-14(18)20/h2-3,8,21H,1,4-7,9-10H2,(H2,18,20). The largest absolute Gasteiger partial charge is 0.388 e. The molecule has 1 aliphatic heterocycles. The first-order chi connectivity index (χ1) is 10.8. The number of rotatable bonds is 6. The van der Waals surface area contributed by atoms with E-state index in [4.69, 9.17) is 28.9 Å². The lowest BCUT2D eigenvalue weighted by Gasteiger charge is -2.38. The summed E-state index contributed by atoms with van der Waals surface area (Å²) in [6.45, 7) is 1.69. The molecule has 128 valence electrons. The SMILES string of the molecule is NC(=O)CC1(O)CCCN(CCS(=O)c2cc(Cl)ccc2Cl)C1. The second-order valence-electron chi connectivity index (χ2n) is 5.87. The summed E-state index contributed by atoms with van der Waals surface area (Å²) < 4.78 is 12.4. The molecule has 1 amide bonds. The monoisotopic (exact) mass is 378 g/mol. The van der Waals surface area contributed by atoms with Gasteiger partial charge < -0.3 is 10.8 Å². The molecule has 1 aromatic carbocycles. The molecular formula is C15H20Cl2N2O3S. The molecule has 1 aromatic rings. The van der Waals surface area contributed by atoms with Crippen LogP contribution in [0.1, 0.15) is 19.3 Å². The van der Waals surface area contributed by atoms with Gasteiger partial charge in [-0.05, 0) is 37.6 Å². The predicted octanol–water partition coefficient (Wildman–Crippen LogP) is 1.80. The fourth-order valence-corrected chi connectivity index (χ4v) is 4.64. The number of likely N-dealkylation sites (tertiary alicyclic amines) is 1.